The first kappa shape index (κ1) is 21.1. The Hall–Kier alpha value is -3.19. The molecule has 0 saturated carbocycles. The molecule has 1 aliphatic rings. The second-order valence-corrected chi connectivity index (χ2v) is 9.58. The van der Waals surface area contributed by atoms with Crippen molar-refractivity contribution in [2.45, 2.75) is 30.8 Å². The van der Waals surface area contributed by atoms with Gasteiger partial charge in [-0.3, -0.25) is 9.10 Å². The lowest BCUT2D eigenvalue weighted by Crippen LogP contribution is -2.35. The van der Waals surface area contributed by atoms with Gasteiger partial charge in [0.15, 0.2) is 0 Å². The van der Waals surface area contributed by atoms with Gasteiger partial charge in [-0.1, -0.05) is 36.4 Å². The van der Waals surface area contributed by atoms with Gasteiger partial charge in [-0.2, -0.15) is 0 Å². The van der Waals surface area contributed by atoms with Gasteiger partial charge in [-0.25, -0.2) is 12.8 Å². The zero-order valence-corrected chi connectivity index (χ0v) is 18.1. The van der Waals surface area contributed by atoms with Crippen LogP contribution in [0.15, 0.2) is 77.7 Å². The van der Waals surface area contributed by atoms with Crippen LogP contribution in [0.4, 0.5) is 10.1 Å². The lowest BCUT2D eigenvalue weighted by Gasteiger charge is -2.24. The number of hydrogen-bond donors (Lipinski definition) is 0. The highest BCUT2D eigenvalue weighted by molar-refractivity contribution is 7.92. The number of fused-ring (bicyclic) bond motifs is 1. The zero-order valence-electron chi connectivity index (χ0n) is 17.3. The van der Waals surface area contributed by atoms with Crippen molar-refractivity contribution in [2.75, 3.05) is 11.4 Å². The number of sulfonamides is 1. The number of anilines is 1. The van der Waals surface area contributed by atoms with Gasteiger partial charge in [0, 0.05) is 30.8 Å². The summed E-state index contributed by atoms with van der Waals surface area (Å²) in [4.78, 5) is 14.6. The third-order valence-corrected chi connectivity index (χ3v) is 7.43. The minimum absolute atomic E-state index is 0.146. The van der Waals surface area contributed by atoms with E-state index < -0.39 is 10.0 Å². The number of carbonyl (C=O) groups excluding carboxylic acids is 1. The summed E-state index contributed by atoms with van der Waals surface area (Å²) in [5, 5.41) is 0. The number of rotatable bonds is 5. The SMILES string of the molecule is CC1Cc2cc(C(=O)N(C)Cc3ccccc3F)ccc2N1S(=O)(=O)c1ccccc1. The molecule has 0 saturated heterocycles. The van der Waals surface area contributed by atoms with Crippen LogP contribution in [0.1, 0.15) is 28.4 Å². The maximum absolute atomic E-state index is 13.9. The molecule has 7 heteroatoms. The van der Waals surface area contributed by atoms with E-state index in [1.807, 2.05) is 6.92 Å². The molecule has 4 rings (SSSR count). The molecule has 1 amide bonds. The van der Waals surface area contributed by atoms with Crippen molar-refractivity contribution in [3.05, 3.63) is 95.3 Å². The van der Waals surface area contributed by atoms with Gasteiger partial charge in [-0.05, 0) is 55.3 Å². The van der Waals surface area contributed by atoms with E-state index in [0.29, 0.717) is 23.2 Å². The molecule has 1 unspecified atom stereocenters. The van der Waals surface area contributed by atoms with Gasteiger partial charge in [0.05, 0.1) is 10.6 Å². The maximum atomic E-state index is 13.9. The molecular weight excluding hydrogens is 415 g/mol. The molecule has 0 radical (unpaired) electrons. The van der Waals surface area contributed by atoms with Crippen LogP contribution in [-0.4, -0.2) is 32.3 Å². The van der Waals surface area contributed by atoms with E-state index in [9.17, 15) is 17.6 Å². The number of nitrogens with zero attached hydrogens (tertiary/aromatic N) is 2. The van der Waals surface area contributed by atoms with Gasteiger partial charge in [-0.15, -0.1) is 0 Å². The van der Waals surface area contributed by atoms with Crippen LogP contribution >= 0.6 is 0 Å². The van der Waals surface area contributed by atoms with Crippen LogP contribution in [0.5, 0.6) is 0 Å². The van der Waals surface area contributed by atoms with Gasteiger partial charge in [0.2, 0.25) is 0 Å². The predicted octanol–water partition coefficient (Wildman–Crippen LogP) is 4.24. The second-order valence-electron chi connectivity index (χ2n) is 7.76. The molecular formula is C24H23FN2O3S. The molecule has 1 heterocycles. The zero-order chi connectivity index (χ0) is 22.2. The summed E-state index contributed by atoms with van der Waals surface area (Å²) >= 11 is 0. The van der Waals surface area contributed by atoms with Gasteiger partial charge in [0.25, 0.3) is 15.9 Å². The molecule has 0 bridgehead atoms. The molecule has 0 aliphatic carbocycles. The van der Waals surface area contributed by atoms with Crippen LogP contribution in [0.25, 0.3) is 0 Å². The average molecular weight is 439 g/mol. The highest BCUT2D eigenvalue weighted by Gasteiger charge is 2.36. The van der Waals surface area contributed by atoms with E-state index >= 15 is 0 Å². The molecule has 0 N–H and O–H groups in total. The molecule has 1 aliphatic heterocycles. The summed E-state index contributed by atoms with van der Waals surface area (Å²) in [6.07, 6.45) is 0.513. The largest absolute Gasteiger partial charge is 0.337 e. The van der Waals surface area contributed by atoms with Gasteiger partial charge >= 0.3 is 0 Å². The van der Waals surface area contributed by atoms with E-state index in [-0.39, 0.29) is 29.2 Å². The van der Waals surface area contributed by atoms with Gasteiger partial charge in [0.1, 0.15) is 5.82 Å². The minimum Gasteiger partial charge on any atom is -0.337 e. The standard InChI is InChI=1S/C24H23FN2O3S/c1-17-14-20-15-18(24(28)26(2)16-19-8-6-7-11-22(19)25)12-13-23(20)27(17)31(29,30)21-9-4-3-5-10-21/h3-13,15,17H,14,16H2,1-2H3. The summed E-state index contributed by atoms with van der Waals surface area (Å²) in [5.41, 5.74) is 2.28. The number of amides is 1. The maximum Gasteiger partial charge on any atom is 0.264 e. The van der Waals surface area contributed by atoms with Crippen LogP contribution in [0, 0.1) is 5.82 Å². The Morgan fingerprint density at radius 2 is 1.74 bits per heavy atom. The number of halogens is 1. The number of hydrogen-bond acceptors (Lipinski definition) is 3. The Bertz CT molecular complexity index is 1230. The van der Waals surface area contributed by atoms with E-state index in [2.05, 4.69) is 0 Å². The summed E-state index contributed by atoms with van der Waals surface area (Å²) < 4.78 is 41.7. The average Bonchev–Trinajstić information content (AvgIpc) is 3.11. The fourth-order valence-electron chi connectivity index (χ4n) is 3.98. The van der Waals surface area contributed by atoms with E-state index in [1.54, 1.807) is 73.8 Å². The van der Waals surface area contributed by atoms with Crippen LogP contribution in [0.2, 0.25) is 0 Å². The molecule has 0 fully saturated rings. The summed E-state index contributed by atoms with van der Waals surface area (Å²) in [6.45, 7) is 2.00. The number of benzene rings is 3. The third-order valence-electron chi connectivity index (χ3n) is 5.49. The van der Waals surface area contributed by atoms with Crippen molar-refractivity contribution < 1.29 is 17.6 Å². The van der Waals surface area contributed by atoms with Crippen molar-refractivity contribution in [1.29, 1.82) is 0 Å². The molecule has 31 heavy (non-hydrogen) atoms. The first-order valence-corrected chi connectivity index (χ1v) is 11.4. The Morgan fingerprint density at radius 3 is 2.45 bits per heavy atom. The summed E-state index contributed by atoms with van der Waals surface area (Å²) in [6, 6.07) is 19.5. The topological polar surface area (TPSA) is 57.7 Å². The Balaban J connectivity index is 1.60. The van der Waals surface area contributed by atoms with Crippen molar-refractivity contribution in [1.82, 2.24) is 4.90 Å². The summed E-state index contributed by atoms with van der Waals surface area (Å²) in [7, 11) is -2.08. The summed E-state index contributed by atoms with van der Waals surface area (Å²) in [5.74, 6) is -0.602. The third kappa shape index (κ3) is 3.93. The molecule has 0 aromatic heterocycles. The monoisotopic (exact) mass is 438 g/mol. The molecule has 3 aromatic carbocycles. The predicted molar refractivity (Wildman–Crippen MR) is 118 cm³/mol. The van der Waals surface area contributed by atoms with Crippen LogP contribution in [0.3, 0.4) is 0 Å². The highest BCUT2D eigenvalue weighted by atomic mass is 32.2. The van der Waals surface area contributed by atoms with Gasteiger partial charge < -0.3 is 4.90 Å². The number of carbonyl (C=O) groups is 1. The Labute approximate surface area is 181 Å². The van der Waals surface area contributed by atoms with E-state index in [4.69, 9.17) is 0 Å². The fourth-order valence-corrected chi connectivity index (χ4v) is 5.70. The van der Waals surface area contributed by atoms with Crippen LogP contribution < -0.4 is 4.31 Å². The van der Waals surface area contributed by atoms with Crippen molar-refractivity contribution >= 4 is 21.6 Å². The fraction of sp³-hybridized carbons (Fsp3) is 0.208. The first-order valence-electron chi connectivity index (χ1n) is 10.0. The van der Waals surface area contributed by atoms with Crippen LogP contribution in [-0.2, 0) is 23.0 Å². The van der Waals surface area contributed by atoms with E-state index in [1.165, 1.54) is 15.3 Å². The Morgan fingerprint density at radius 1 is 1.06 bits per heavy atom. The Kier molecular flexibility index (Phi) is 5.54. The van der Waals surface area contributed by atoms with Crippen molar-refractivity contribution in [3.8, 4) is 0 Å². The molecule has 3 aromatic rings. The van der Waals surface area contributed by atoms with E-state index in [0.717, 1.165) is 5.56 Å². The second kappa shape index (κ2) is 8.15. The van der Waals surface area contributed by atoms with Crippen molar-refractivity contribution in [2.24, 2.45) is 0 Å². The normalized spacial score (nSPS) is 15.6. The molecule has 1 atom stereocenters. The van der Waals surface area contributed by atoms with Crippen molar-refractivity contribution in [3.63, 3.8) is 0 Å². The lowest BCUT2D eigenvalue weighted by molar-refractivity contribution is 0.0784. The smallest absolute Gasteiger partial charge is 0.264 e. The molecule has 0 spiro atoms. The minimum atomic E-state index is -3.70. The lowest BCUT2D eigenvalue weighted by atomic mass is 10.1. The first-order chi connectivity index (χ1) is 14.8. The molecule has 5 nitrogen and oxygen atoms in total. The quantitative estimate of drug-likeness (QED) is 0.599. The molecule has 160 valence electrons. The highest BCUT2D eigenvalue weighted by Crippen LogP contribution is 2.37.